The van der Waals surface area contributed by atoms with Gasteiger partial charge in [0.2, 0.25) is 0 Å². The minimum absolute atomic E-state index is 0.159. The number of hydrogen-bond donors (Lipinski definition) is 1. The molecule has 2 aromatic heterocycles. The maximum absolute atomic E-state index is 8.40. The molecule has 0 radical (unpaired) electrons. The van der Waals surface area contributed by atoms with Gasteiger partial charge in [0, 0.05) is 27.2 Å². The van der Waals surface area contributed by atoms with E-state index in [-0.39, 0.29) is 29.7 Å². The van der Waals surface area contributed by atoms with Gasteiger partial charge in [-0.25, -0.2) is 0 Å². The number of para-hydroxylation sites is 2. The average Bonchev–Trinajstić information content (AvgIpc) is 3.62. The van der Waals surface area contributed by atoms with Gasteiger partial charge in [-0.3, -0.25) is 0 Å². The standard InChI is InChI=1S/C36H23NO2/c1-2-10-23(11-3-1)24-12-6-13-25(22-24)37-30-18-7-17-29-35-27(16-9-21-33(35)39-36(29)30)26-15-8-20-32-34(26)28-14-4-5-19-31(28)38-32/h1-22,37H/i1D,2D,3D,10D,11D. The molecule has 0 aliphatic carbocycles. The van der Waals surface area contributed by atoms with Gasteiger partial charge in [-0.2, -0.15) is 0 Å². The Kier molecular flexibility index (Phi) is 3.83. The molecule has 6 aromatic carbocycles. The number of nitrogens with one attached hydrogen (secondary N) is 1. The van der Waals surface area contributed by atoms with E-state index in [0.717, 1.165) is 55.1 Å². The highest BCUT2D eigenvalue weighted by Crippen LogP contribution is 2.43. The second kappa shape index (κ2) is 8.64. The maximum Gasteiger partial charge on any atom is 0.158 e. The molecule has 0 fully saturated rings. The van der Waals surface area contributed by atoms with Crippen molar-refractivity contribution in [1.29, 1.82) is 0 Å². The van der Waals surface area contributed by atoms with Gasteiger partial charge in [-0.15, -0.1) is 0 Å². The molecule has 2 heterocycles. The first-order valence-electron chi connectivity index (χ1n) is 15.2. The second-order valence-corrected chi connectivity index (χ2v) is 9.45. The van der Waals surface area contributed by atoms with Crippen molar-refractivity contribution >= 4 is 55.3 Å². The molecule has 3 heteroatoms. The Morgan fingerprint density at radius 3 is 2.05 bits per heavy atom. The lowest BCUT2D eigenvalue weighted by molar-refractivity contribution is 0.669. The van der Waals surface area contributed by atoms with Gasteiger partial charge in [0.15, 0.2) is 5.58 Å². The fourth-order valence-corrected chi connectivity index (χ4v) is 5.47. The minimum Gasteiger partial charge on any atom is -0.456 e. The number of hydrogen-bond acceptors (Lipinski definition) is 3. The molecule has 8 aromatic rings. The van der Waals surface area contributed by atoms with E-state index in [4.69, 9.17) is 15.7 Å². The van der Waals surface area contributed by atoms with Crippen LogP contribution in [0, 0.1) is 0 Å². The Hall–Kier alpha value is -5.28. The summed E-state index contributed by atoms with van der Waals surface area (Å²) in [6.07, 6.45) is 0. The van der Waals surface area contributed by atoms with Crippen LogP contribution >= 0.6 is 0 Å². The van der Waals surface area contributed by atoms with Gasteiger partial charge < -0.3 is 14.2 Å². The van der Waals surface area contributed by atoms with Gasteiger partial charge in [0.25, 0.3) is 0 Å². The number of fused-ring (bicyclic) bond motifs is 6. The first-order chi connectivity index (χ1) is 21.4. The lowest BCUT2D eigenvalue weighted by Crippen LogP contribution is -1.91. The van der Waals surface area contributed by atoms with Crippen molar-refractivity contribution in [3.8, 4) is 22.3 Å². The molecule has 8 rings (SSSR count). The molecular weight excluding hydrogens is 478 g/mol. The third-order valence-corrected chi connectivity index (χ3v) is 7.15. The van der Waals surface area contributed by atoms with Crippen LogP contribution < -0.4 is 5.32 Å². The summed E-state index contributed by atoms with van der Waals surface area (Å²) in [5, 5.41) is 7.51. The van der Waals surface area contributed by atoms with Crippen molar-refractivity contribution < 1.29 is 15.7 Å². The average molecular weight is 507 g/mol. The highest BCUT2D eigenvalue weighted by molar-refractivity contribution is 6.20. The van der Waals surface area contributed by atoms with E-state index < -0.39 is 6.04 Å². The van der Waals surface area contributed by atoms with Gasteiger partial charge in [0.1, 0.15) is 16.7 Å². The minimum atomic E-state index is -0.411. The summed E-state index contributed by atoms with van der Waals surface area (Å²) in [4.78, 5) is 0. The summed E-state index contributed by atoms with van der Waals surface area (Å²) in [5.41, 5.74) is 7.33. The zero-order valence-electron chi connectivity index (χ0n) is 25.6. The summed E-state index contributed by atoms with van der Waals surface area (Å²) in [5.74, 6) is 0. The first kappa shape index (κ1) is 17.3. The third kappa shape index (κ3) is 3.52. The van der Waals surface area contributed by atoms with E-state index in [9.17, 15) is 0 Å². The molecule has 0 spiro atoms. The first-order valence-corrected chi connectivity index (χ1v) is 12.7. The van der Waals surface area contributed by atoms with Crippen LogP contribution in [-0.4, -0.2) is 0 Å². The second-order valence-electron chi connectivity index (χ2n) is 9.45. The lowest BCUT2D eigenvalue weighted by atomic mass is 9.95. The molecule has 184 valence electrons. The Balaban J connectivity index is 1.27. The van der Waals surface area contributed by atoms with Crippen LogP contribution in [0.15, 0.2) is 142 Å². The van der Waals surface area contributed by atoms with Crippen molar-refractivity contribution in [1.82, 2.24) is 0 Å². The Bertz CT molecular complexity index is 2410. The molecule has 1 N–H and O–H groups in total. The quantitative estimate of drug-likeness (QED) is 0.258. The Labute approximate surface area is 231 Å². The molecule has 0 saturated carbocycles. The van der Waals surface area contributed by atoms with Gasteiger partial charge in [0.05, 0.1) is 12.5 Å². The van der Waals surface area contributed by atoms with Crippen LogP contribution in [0.3, 0.4) is 0 Å². The summed E-state index contributed by atoms with van der Waals surface area (Å²) in [6.45, 7) is 0. The van der Waals surface area contributed by atoms with E-state index in [2.05, 4.69) is 23.5 Å². The van der Waals surface area contributed by atoms with Crippen LogP contribution in [0.5, 0.6) is 0 Å². The summed E-state index contributed by atoms with van der Waals surface area (Å²) in [6, 6.07) is 31.8. The maximum atomic E-state index is 8.40. The van der Waals surface area contributed by atoms with Crippen LogP contribution in [-0.2, 0) is 0 Å². The smallest absolute Gasteiger partial charge is 0.158 e. The molecule has 0 aliphatic rings. The Morgan fingerprint density at radius 1 is 0.538 bits per heavy atom. The predicted molar refractivity (Wildman–Crippen MR) is 162 cm³/mol. The van der Waals surface area contributed by atoms with Crippen LogP contribution in [0.4, 0.5) is 11.4 Å². The zero-order valence-corrected chi connectivity index (χ0v) is 20.6. The Morgan fingerprint density at radius 2 is 1.21 bits per heavy atom. The van der Waals surface area contributed by atoms with Crippen LogP contribution in [0.2, 0.25) is 0 Å². The normalized spacial score (nSPS) is 13.4. The molecule has 39 heavy (non-hydrogen) atoms. The van der Waals surface area contributed by atoms with E-state index in [1.54, 1.807) is 18.2 Å². The largest absolute Gasteiger partial charge is 0.456 e. The summed E-state index contributed by atoms with van der Waals surface area (Å²) >= 11 is 0. The van der Waals surface area contributed by atoms with Crippen molar-refractivity contribution in [3.05, 3.63) is 133 Å². The predicted octanol–water partition coefficient (Wildman–Crippen LogP) is 10.6. The van der Waals surface area contributed by atoms with Crippen molar-refractivity contribution in [2.24, 2.45) is 0 Å². The van der Waals surface area contributed by atoms with Crippen molar-refractivity contribution in [2.45, 2.75) is 0 Å². The number of rotatable bonds is 4. The van der Waals surface area contributed by atoms with Crippen LogP contribution in [0.25, 0.3) is 66.1 Å². The van der Waals surface area contributed by atoms with Crippen molar-refractivity contribution in [2.75, 3.05) is 5.32 Å². The van der Waals surface area contributed by atoms with Gasteiger partial charge in [-0.05, 0) is 58.7 Å². The number of benzene rings is 6. The molecular formula is C36H23NO2. The van der Waals surface area contributed by atoms with Gasteiger partial charge >= 0.3 is 0 Å². The molecule has 0 amide bonds. The van der Waals surface area contributed by atoms with E-state index in [1.165, 1.54) is 0 Å². The molecule has 0 unspecified atom stereocenters. The van der Waals surface area contributed by atoms with E-state index >= 15 is 0 Å². The number of anilines is 2. The molecule has 0 saturated heterocycles. The van der Waals surface area contributed by atoms with Crippen molar-refractivity contribution in [3.63, 3.8) is 0 Å². The monoisotopic (exact) mass is 506 g/mol. The fourth-order valence-electron chi connectivity index (χ4n) is 5.47. The lowest BCUT2D eigenvalue weighted by Gasteiger charge is -2.09. The number of furan rings is 2. The van der Waals surface area contributed by atoms with Gasteiger partial charge in [-0.1, -0.05) is 96.9 Å². The molecule has 0 atom stereocenters. The topological polar surface area (TPSA) is 38.3 Å². The molecule has 3 nitrogen and oxygen atoms in total. The highest BCUT2D eigenvalue weighted by Gasteiger charge is 2.18. The molecule has 0 aliphatic heterocycles. The SMILES string of the molecule is [2H]c1c([2H])c([2H])c(-c2cccc(Nc3cccc4c3oc3cccc(-c5cccc6oc7ccccc7c56)c34)c2)c([2H])c1[2H]. The van der Waals surface area contributed by atoms with E-state index in [0.29, 0.717) is 16.8 Å². The zero-order chi connectivity index (χ0) is 30.1. The fraction of sp³-hybridized carbons (Fsp3) is 0. The molecule has 0 bridgehead atoms. The van der Waals surface area contributed by atoms with Crippen LogP contribution in [0.1, 0.15) is 6.85 Å². The van der Waals surface area contributed by atoms with E-state index in [1.807, 2.05) is 66.7 Å². The highest BCUT2D eigenvalue weighted by atomic mass is 16.3. The summed E-state index contributed by atoms with van der Waals surface area (Å²) in [7, 11) is 0. The third-order valence-electron chi connectivity index (χ3n) is 7.15. The summed E-state index contributed by atoms with van der Waals surface area (Å²) < 4.78 is 53.5.